The van der Waals surface area contributed by atoms with Gasteiger partial charge in [0.05, 0.1) is 10.0 Å². The fourth-order valence-electron chi connectivity index (χ4n) is 2.08. The largest absolute Gasteiger partial charge is 0.299 e. The van der Waals surface area contributed by atoms with Gasteiger partial charge in [-0.05, 0) is 30.9 Å². The van der Waals surface area contributed by atoms with E-state index in [0.29, 0.717) is 15.8 Å². The Bertz CT molecular complexity index is 387. The molecule has 0 amide bonds. The van der Waals surface area contributed by atoms with Crippen molar-refractivity contribution < 1.29 is 4.79 Å². The summed E-state index contributed by atoms with van der Waals surface area (Å²) in [5.74, 6) is 0.520. The number of hydrogen-bond donors (Lipinski definition) is 0. The summed E-state index contributed by atoms with van der Waals surface area (Å²) in [7, 11) is 0. The van der Waals surface area contributed by atoms with Gasteiger partial charge in [0.1, 0.15) is 5.78 Å². The van der Waals surface area contributed by atoms with Crippen molar-refractivity contribution in [3.8, 4) is 0 Å². The minimum Gasteiger partial charge on any atom is -0.299 e. The summed E-state index contributed by atoms with van der Waals surface area (Å²) in [6.45, 7) is 0. The number of halogens is 2. The maximum Gasteiger partial charge on any atom is 0.136 e. The molecule has 0 bridgehead atoms. The Kier molecular flexibility index (Phi) is 3.32. The molecule has 1 aliphatic carbocycles. The normalized spacial score (nSPS) is 20.9. The molecule has 1 aromatic carbocycles. The molecule has 0 saturated heterocycles. The Hall–Kier alpha value is -0.530. The summed E-state index contributed by atoms with van der Waals surface area (Å²) in [5, 5.41) is 1.17. The van der Waals surface area contributed by atoms with Gasteiger partial charge in [-0.2, -0.15) is 0 Å². The second kappa shape index (κ2) is 4.54. The van der Waals surface area contributed by atoms with E-state index in [1.54, 1.807) is 6.07 Å². The number of rotatable bonds is 2. The smallest absolute Gasteiger partial charge is 0.136 e. The lowest BCUT2D eigenvalue weighted by atomic mass is 9.97. The molecule has 1 fully saturated rings. The van der Waals surface area contributed by atoms with E-state index in [1.165, 1.54) is 0 Å². The molecular weight excluding hydrogens is 231 g/mol. The van der Waals surface area contributed by atoms with Crippen molar-refractivity contribution in [2.45, 2.75) is 25.7 Å². The molecule has 1 aliphatic rings. The van der Waals surface area contributed by atoms with E-state index in [1.807, 2.05) is 12.1 Å². The van der Waals surface area contributed by atoms with Gasteiger partial charge in [-0.3, -0.25) is 4.79 Å². The highest BCUT2D eigenvalue weighted by Gasteiger charge is 2.25. The average Bonchev–Trinajstić information content (AvgIpc) is 2.60. The topological polar surface area (TPSA) is 17.1 Å². The number of Topliss-reactive ketones (excluding diaryl/α,β-unsaturated/α-hetero) is 1. The van der Waals surface area contributed by atoms with Crippen molar-refractivity contribution >= 4 is 29.0 Å². The van der Waals surface area contributed by atoms with Crippen LogP contribution in [-0.2, 0) is 11.2 Å². The maximum atomic E-state index is 11.5. The third kappa shape index (κ3) is 2.35. The Labute approximate surface area is 99.4 Å². The zero-order valence-corrected chi connectivity index (χ0v) is 9.81. The van der Waals surface area contributed by atoms with Crippen molar-refractivity contribution in [3.63, 3.8) is 0 Å². The highest BCUT2D eigenvalue weighted by Crippen LogP contribution is 2.31. The molecule has 0 aromatic heterocycles. The third-order valence-corrected chi connectivity index (χ3v) is 3.79. The minimum absolute atomic E-state index is 0.154. The molecule has 2 rings (SSSR count). The van der Waals surface area contributed by atoms with Crippen LogP contribution in [0.15, 0.2) is 18.2 Å². The van der Waals surface area contributed by atoms with Gasteiger partial charge in [-0.15, -0.1) is 0 Å². The highest BCUT2D eigenvalue weighted by molar-refractivity contribution is 6.42. The molecule has 0 heterocycles. The summed E-state index contributed by atoms with van der Waals surface area (Å²) in [5.41, 5.74) is 0.990. The van der Waals surface area contributed by atoms with E-state index >= 15 is 0 Å². The van der Waals surface area contributed by atoms with Crippen molar-refractivity contribution in [3.05, 3.63) is 33.8 Å². The summed E-state index contributed by atoms with van der Waals surface area (Å²) < 4.78 is 0. The zero-order chi connectivity index (χ0) is 10.8. The van der Waals surface area contributed by atoms with Crippen LogP contribution in [0.25, 0.3) is 0 Å². The van der Waals surface area contributed by atoms with Crippen LogP contribution in [0, 0.1) is 5.92 Å². The number of ketones is 1. The number of hydrogen-bond acceptors (Lipinski definition) is 1. The SMILES string of the molecule is O=C1CCCC1Cc1cccc(Cl)c1Cl. The molecule has 1 unspecified atom stereocenters. The minimum atomic E-state index is 0.154. The van der Waals surface area contributed by atoms with Crippen LogP contribution in [-0.4, -0.2) is 5.78 Å². The lowest BCUT2D eigenvalue weighted by molar-refractivity contribution is -0.120. The second-order valence-electron chi connectivity index (χ2n) is 3.97. The van der Waals surface area contributed by atoms with Crippen molar-refractivity contribution in [2.75, 3.05) is 0 Å². The van der Waals surface area contributed by atoms with Gasteiger partial charge in [-0.25, -0.2) is 0 Å². The summed E-state index contributed by atoms with van der Waals surface area (Å²) >= 11 is 12.0. The summed E-state index contributed by atoms with van der Waals surface area (Å²) in [6.07, 6.45) is 3.46. The van der Waals surface area contributed by atoms with Gasteiger partial charge in [0, 0.05) is 12.3 Å². The van der Waals surface area contributed by atoms with E-state index in [0.717, 1.165) is 31.2 Å². The Morgan fingerprint density at radius 1 is 1.33 bits per heavy atom. The first-order valence-corrected chi connectivity index (χ1v) is 5.89. The maximum absolute atomic E-state index is 11.5. The first kappa shape index (κ1) is 11.0. The van der Waals surface area contributed by atoms with Crippen molar-refractivity contribution in [1.82, 2.24) is 0 Å². The van der Waals surface area contributed by atoms with Gasteiger partial charge < -0.3 is 0 Å². The monoisotopic (exact) mass is 242 g/mol. The van der Waals surface area contributed by atoms with Crippen molar-refractivity contribution in [2.24, 2.45) is 5.92 Å². The fraction of sp³-hybridized carbons (Fsp3) is 0.417. The van der Waals surface area contributed by atoms with Crippen LogP contribution < -0.4 is 0 Å². The number of benzene rings is 1. The first-order chi connectivity index (χ1) is 7.18. The number of carbonyl (C=O) groups is 1. The lowest BCUT2D eigenvalue weighted by Gasteiger charge is -2.10. The molecule has 80 valence electrons. The van der Waals surface area contributed by atoms with Gasteiger partial charge in [0.25, 0.3) is 0 Å². The van der Waals surface area contributed by atoms with Crippen LogP contribution in [0.5, 0.6) is 0 Å². The molecule has 0 radical (unpaired) electrons. The second-order valence-corrected chi connectivity index (χ2v) is 4.76. The van der Waals surface area contributed by atoms with E-state index in [4.69, 9.17) is 23.2 Å². The lowest BCUT2D eigenvalue weighted by Crippen LogP contribution is -2.09. The fourth-order valence-corrected chi connectivity index (χ4v) is 2.47. The quantitative estimate of drug-likeness (QED) is 0.769. The Balaban J connectivity index is 2.17. The van der Waals surface area contributed by atoms with Gasteiger partial charge in [-0.1, -0.05) is 35.3 Å². The van der Waals surface area contributed by atoms with Crippen LogP contribution in [0.2, 0.25) is 10.0 Å². The molecule has 1 aromatic rings. The molecule has 15 heavy (non-hydrogen) atoms. The van der Waals surface area contributed by atoms with Crippen molar-refractivity contribution in [1.29, 1.82) is 0 Å². The number of carbonyl (C=O) groups excluding carboxylic acids is 1. The van der Waals surface area contributed by atoms with Crippen LogP contribution in [0.1, 0.15) is 24.8 Å². The first-order valence-electron chi connectivity index (χ1n) is 5.14. The molecule has 1 nitrogen and oxygen atoms in total. The Morgan fingerprint density at radius 3 is 2.80 bits per heavy atom. The van der Waals surface area contributed by atoms with Crippen LogP contribution >= 0.6 is 23.2 Å². The van der Waals surface area contributed by atoms with Gasteiger partial charge in [0.15, 0.2) is 0 Å². The molecule has 1 atom stereocenters. The van der Waals surface area contributed by atoms with Crippen LogP contribution in [0.3, 0.4) is 0 Å². The predicted octanol–water partition coefficient (Wildman–Crippen LogP) is 3.91. The van der Waals surface area contributed by atoms with E-state index in [9.17, 15) is 4.79 Å². The van der Waals surface area contributed by atoms with Gasteiger partial charge in [0.2, 0.25) is 0 Å². The van der Waals surface area contributed by atoms with E-state index in [-0.39, 0.29) is 5.92 Å². The standard InChI is InChI=1S/C12H12Cl2O/c13-10-5-1-4-9(12(10)14)7-8-3-2-6-11(8)15/h1,4-5,8H,2-3,6-7H2. The van der Waals surface area contributed by atoms with Gasteiger partial charge >= 0.3 is 0 Å². The predicted molar refractivity (Wildman–Crippen MR) is 62.5 cm³/mol. The molecule has 0 aliphatic heterocycles. The molecule has 1 saturated carbocycles. The van der Waals surface area contributed by atoms with E-state index in [2.05, 4.69) is 0 Å². The molecule has 3 heteroatoms. The molecule has 0 spiro atoms. The Morgan fingerprint density at radius 2 is 2.13 bits per heavy atom. The zero-order valence-electron chi connectivity index (χ0n) is 8.30. The molecular formula is C12H12Cl2O. The summed E-state index contributed by atoms with van der Waals surface area (Å²) in [6, 6.07) is 5.59. The van der Waals surface area contributed by atoms with E-state index < -0.39 is 0 Å². The molecule has 0 N–H and O–H groups in total. The summed E-state index contributed by atoms with van der Waals surface area (Å²) in [4.78, 5) is 11.5. The third-order valence-electron chi connectivity index (χ3n) is 2.93. The average molecular weight is 243 g/mol. The highest BCUT2D eigenvalue weighted by atomic mass is 35.5. The van der Waals surface area contributed by atoms with Crippen LogP contribution in [0.4, 0.5) is 0 Å².